The number of methoxy groups -OCH3 is 1. The zero-order chi connectivity index (χ0) is 12.3. The van der Waals surface area contributed by atoms with Crippen molar-refractivity contribution in [1.29, 1.82) is 0 Å². The van der Waals surface area contributed by atoms with Gasteiger partial charge >= 0.3 is 5.97 Å². The lowest BCUT2D eigenvalue weighted by atomic mass is 10.3. The Morgan fingerprint density at radius 3 is 3.12 bits per heavy atom. The second-order valence-electron chi connectivity index (χ2n) is 3.42. The topological polar surface area (TPSA) is 69.0 Å². The third-order valence-corrected chi connectivity index (χ3v) is 2.28. The van der Waals surface area contributed by atoms with Crippen molar-refractivity contribution in [3.8, 4) is 0 Å². The van der Waals surface area contributed by atoms with Crippen LogP contribution >= 0.6 is 0 Å². The van der Waals surface area contributed by atoms with Crippen LogP contribution in [0.25, 0.3) is 11.0 Å². The van der Waals surface area contributed by atoms with E-state index in [0.29, 0.717) is 0 Å². The number of esters is 1. The zero-order valence-electron chi connectivity index (χ0n) is 9.54. The van der Waals surface area contributed by atoms with E-state index in [4.69, 9.17) is 0 Å². The van der Waals surface area contributed by atoms with E-state index in [2.05, 4.69) is 20.4 Å². The first kappa shape index (κ1) is 11.1. The lowest BCUT2D eigenvalue weighted by molar-refractivity contribution is -0.134. The van der Waals surface area contributed by atoms with Crippen molar-refractivity contribution >= 4 is 22.7 Å². The van der Waals surface area contributed by atoms with Crippen LogP contribution < -0.4 is 5.32 Å². The highest BCUT2D eigenvalue weighted by molar-refractivity contribution is 5.83. The molecule has 0 spiro atoms. The van der Waals surface area contributed by atoms with Crippen molar-refractivity contribution in [2.75, 3.05) is 12.4 Å². The Kier molecular flexibility index (Phi) is 3.04. The lowest BCUT2D eigenvalue weighted by Crippen LogP contribution is -1.96. The van der Waals surface area contributed by atoms with Crippen molar-refractivity contribution in [3.63, 3.8) is 0 Å². The van der Waals surface area contributed by atoms with Gasteiger partial charge in [-0.2, -0.15) is 0 Å². The van der Waals surface area contributed by atoms with Crippen LogP contribution in [0.5, 0.6) is 0 Å². The minimum absolute atomic E-state index is 0.402. The third-order valence-electron chi connectivity index (χ3n) is 2.28. The van der Waals surface area contributed by atoms with Crippen LogP contribution in [0.4, 0.5) is 5.69 Å². The van der Waals surface area contributed by atoms with Gasteiger partial charge in [-0.3, -0.25) is 0 Å². The van der Waals surface area contributed by atoms with Crippen molar-refractivity contribution in [1.82, 2.24) is 15.0 Å². The lowest BCUT2D eigenvalue weighted by Gasteiger charge is -2.00. The standard InChI is InChI=1S/C11H12N4O2/c1-15-10-7-8(3-4-9(10)13-14-15)12-6-5-11(16)17-2/h3-7,12H,1-2H3/b6-5-. The van der Waals surface area contributed by atoms with Gasteiger partial charge < -0.3 is 10.1 Å². The van der Waals surface area contributed by atoms with Gasteiger partial charge in [0, 0.05) is 25.0 Å². The molecule has 0 aliphatic carbocycles. The molecule has 1 aromatic carbocycles. The van der Waals surface area contributed by atoms with Gasteiger partial charge in [-0.15, -0.1) is 5.10 Å². The number of carbonyl (C=O) groups excluding carboxylic acids is 1. The number of benzene rings is 1. The number of hydrogen-bond donors (Lipinski definition) is 1. The minimum atomic E-state index is -0.402. The smallest absolute Gasteiger partial charge is 0.331 e. The van der Waals surface area contributed by atoms with Gasteiger partial charge in [0.15, 0.2) is 0 Å². The van der Waals surface area contributed by atoms with E-state index >= 15 is 0 Å². The highest BCUT2D eigenvalue weighted by atomic mass is 16.5. The molecule has 0 fully saturated rings. The first-order valence-electron chi connectivity index (χ1n) is 5.01. The Morgan fingerprint density at radius 2 is 2.35 bits per heavy atom. The molecule has 6 nitrogen and oxygen atoms in total. The normalized spacial score (nSPS) is 10.9. The summed E-state index contributed by atoms with van der Waals surface area (Å²) in [6, 6.07) is 5.62. The molecule has 1 heterocycles. The molecule has 0 radical (unpaired) electrons. The van der Waals surface area contributed by atoms with Gasteiger partial charge in [0.25, 0.3) is 0 Å². The summed E-state index contributed by atoms with van der Waals surface area (Å²) in [6.07, 6.45) is 2.84. The van der Waals surface area contributed by atoms with Crippen molar-refractivity contribution in [2.45, 2.75) is 0 Å². The molecule has 6 heteroatoms. The summed E-state index contributed by atoms with van der Waals surface area (Å²) in [5, 5.41) is 10.8. The van der Waals surface area contributed by atoms with E-state index in [9.17, 15) is 4.79 Å². The van der Waals surface area contributed by atoms with Gasteiger partial charge in [-0.05, 0) is 18.2 Å². The van der Waals surface area contributed by atoms with Gasteiger partial charge in [0.1, 0.15) is 5.52 Å². The molecule has 1 N–H and O–H groups in total. The number of ether oxygens (including phenoxy) is 1. The van der Waals surface area contributed by atoms with E-state index in [1.807, 2.05) is 25.2 Å². The Balaban J connectivity index is 2.16. The number of aryl methyl sites for hydroxylation is 1. The maximum Gasteiger partial charge on any atom is 0.331 e. The molecule has 0 saturated carbocycles. The largest absolute Gasteiger partial charge is 0.466 e. The Labute approximate surface area is 97.9 Å². The fraction of sp³-hybridized carbons (Fsp3) is 0.182. The number of nitrogens with one attached hydrogen (secondary N) is 1. The van der Waals surface area contributed by atoms with E-state index in [1.165, 1.54) is 19.4 Å². The van der Waals surface area contributed by atoms with Crippen LogP contribution in [0, 0.1) is 0 Å². The van der Waals surface area contributed by atoms with Crippen LogP contribution in [-0.2, 0) is 16.6 Å². The van der Waals surface area contributed by atoms with Crippen LogP contribution in [0.2, 0.25) is 0 Å². The fourth-order valence-corrected chi connectivity index (χ4v) is 1.39. The molecule has 2 rings (SSSR count). The number of aromatic nitrogens is 3. The summed E-state index contributed by atoms with van der Waals surface area (Å²) in [5.74, 6) is -0.402. The summed E-state index contributed by atoms with van der Waals surface area (Å²) in [6.45, 7) is 0. The quantitative estimate of drug-likeness (QED) is 0.633. The van der Waals surface area contributed by atoms with Gasteiger partial charge in [-0.25, -0.2) is 9.48 Å². The van der Waals surface area contributed by atoms with E-state index < -0.39 is 5.97 Å². The average Bonchev–Trinajstić information content (AvgIpc) is 2.71. The Bertz CT molecular complexity index is 574. The molecular formula is C11H12N4O2. The van der Waals surface area contributed by atoms with E-state index in [1.54, 1.807) is 4.68 Å². The summed E-state index contributed by atoms with van der Waals surface area (Å²) in [7, 11) is 3.16. The van der Waals surface area contributed by atoms with Crippen LogP contribution in [0.1, 0.15) is 0 Å². The molecule has 0 atom stereocenters. The van der Waals surface area contributed by atoms with Crippen LogP contribution in [0.15, 0.2) is 30.5 Å². The third kappa shape index (κ3) is 2.41. The van der Waals surface area contributed by atoms with Crippen molar-refractivity contribution < 1.29 is 9.53 Å². The highest BCUT2D eigenvalue weighted by Gasteiger charge is 2.01. The number of anilines is 1. The summed E-state index contributed by atoms with van der Waals surface area (Å²) in [4.78, 5) is 10.9. The van der Waals surface area contributed by atoms with Crippen molar-refractivity contribution in [2.24, 2.45) is 7.05 Å². The molecule has 88 valence electrons. The maximum atomic E-state index is 10.9. The second-order valence-corrected chi connectivity index (χ2v) is 3.42. The molecule has 0 amide bonds. The van der Waals surface area contributed by atoms with E-state index in [0.717, 1.165) is 16.7 Å². The van der Waals surface area contributed by atoms with Crippen LogP contribution in [0.3, 0.4) is 0 Å². The number of carbonyl (C=O) groups is 1. The van der Waals surface area contributed by atoms with Gasteiger partial charge in [-0.1, -0.05) is 5.21 Å². The monoisotopic (exact) mass is 232 g/mol. The summed E-state index contributed by atoms with van der Waals surface area (Å²) >= 11 is 0. The molecule has 0 unspecified atom stereocenters. The molecule has 0 aliphatic rings. The predicted octanol–water partition coefficient (Wildman–Crippen LogP) is 1.07. The van der Waals surface area contributed by atoms with Crippen molar-refractivity contribution in [3.05, 3.63) is 30.5 Å². The van der Waals surface area contributed by atoms with Gasteiger partial charge in [0.2, 0.25) is 0 Å². The van der Waals surface area contributed by atoms with Crippen LogP contribution in [-0.4, -0.2) is 28.1 Å². The molecular weight excluding hydrogens is 220 g/mol. The second kappa shape index (κ2) is 4.65. The Hall–Kier alpha value is -2.37. The fourth-order valence-electron chi connectivity index (χ4n) is 1.39. The number of hydrogen-bond acceptors (Lipinski definition) is 5. The molecule has 0 aliphatic heterocycles. The number of fused-ring (bicyclic) bond motifs is 1. The van der Waals surface area contributed by atoms with Gasteiger partial charge in [0.05, 0.1) is 12.6 Å². The zero-order valence-corrected chi connectivity index (χ0v) is 9.54. The van der Waals surface area contributed by atoms with E-state index in [-0.39, 0.29) is 0 Å². The predicted molar refractivity (Wildman–Crippen MR) is 63.3 cm³/mol. The maximum absolute atomic E-state index is 10.9. The number of nitrogens with zero attached hydrogens (tertiary/aromatic N) is 3. The SMILES string of the molecule is COC(=O)/C=C\Nc1ccc2nnn(C)c2c1. The molecule has 0 saturated heterocycles. The minimum Gasteiger partial charge on any atom is -0.466 e. The molecule has 0 bridgehead atoms. The summed E-state index contributed by atoms with van der Waals surface area (Å²) < 4.78 is 6.16. The Morgan fingerprint density at radius 1 is 1.53 bits per heavy atom. The molecule has 17 heavy (non-hydrogen) atoms. The average molecular weight is 232 g/mol. The first-order valence-corrected chi connectivity index (χ1v) is 5.01. The summed E-state index contributed by atoms with van der Waals surface area (Å²) in [5.41, 5.74) is 2.60. The molecule has 1 aromatic heterocycles. The first-order chi connectivity index (χ1) is 8.20. The highest BCUT2D eigenvalue weighted by Crippen LogP contribution is 2.16. The number of rotatable bonds is 3. The molecule has 2 aromatic rings.